The number of carbonyl (C=O) groups excluding carboxylic acids is 2. The maximum atomic E-state index is 12.6. The van der Waals surface area contributed by atoms with Gasteiger partial charge in [0.1, 0.15) is 0 Å². The summed E-state index contributed by atoms with van der Waals surface area (Å²) in [6.07, 6.45) is 1.94. The Morgan fingerprint density at radius 3 is 2.75 bits per heavy atom. The van der Waals surface area contributed by atoms with Gasteiger partial charge in [-0.1, -0.05) is 0 Å². The van der Waals surface area contributed by atoms with Crippen molar-refractivity contribution < 1.29 is 9.59 Å². The van der Waals surface area contributed by atoms with E-state index in [1.54, 1.807) is 0 Å². The molecule has 0 saturated carbocycles. The number of carbonyl (C=O) groups is 2. The number of hydrogen-bond acceptors (Lipinski definition) is 3. The minimum atomic E-state index is -0.0801. The van der Waals surface area contributed by atoms with Crippen molar-refractivity contribution in [1.82, 2.24) is 10.2 Å². The molecule has 0 bridgehead atoms. The zero-order valence-electron chi connectivity index (χ0n) is 16.3. The van der Waals surface area contributed by atoms with E-state index in [2.05, 4.69) is 52.0 Å². The predicted molar refractivity (Wildman–Crippen MR) is 124 cm³/mol. The van der Waals surface area contributed by atoms with Gasteiger partial charge in [0.25, 0.3) is 0 Å². The zero-order valence-corrected chi connectivity index (χ0v) is 20.1. The third-order valence-corrected chi connectivity index (χ3v) is 7.60. The molecule has 2 heterocycles. The molecular formula is C21H24IN3O2Se. The first-order valence-electron chi connectivity index (χ1n) is 9.36. The summed E-state index contributed by atoms with van der Waals surface area (Å²) in [5, 5.41) is 5.94. The number of hydrogen-bond donors (Lipinski definition) is 2. The quantitative estimate of drug-likeness (QED) is 0.313. The summed E-state index contributed by atoms with van der Waals surface area (Å²) in [6, 6.07) is 7.87. The molecule has 0 fully saturated rings. The van der Waals surface area contributed by atoms with Gasteiger partial charge >= 0.3 is 186 Å². The first-order chi connectivity index (χ1) is 13.4. The Morgan fingerprint density at radius 1 is 1.29 bits per heavy atom. The molecule has 148 valence electrons. The Bertz CT molecular complexity index is 932. The van der Waals surface area contributed by atoms with Crippen LogP contribution in [0.25, 0.3) is 11.6 Å². The van der Waals surface area contributed by atoms with Crippen LogP contribution in [0.15, 0.2) is 24.3 Å². The molecule has 0 unspecified atom stereocenters. The van der Waals surface area contributed by atoms with Crippen LogP contribution in [-0.2, 0) is 4.79 Å². The third kappa shape index (κ3) is 4.76. The van der Waals surface area contributed by atoms with Crippen molar-refractivity contribution >= 4 is 66.2 Å². The van der Waals surface area contributed by atoms with Crippen LogP contribution in [0.3, 0.4) is 0 Å². The first-order valence-corrected chi connectivity index (χ1v) is 12.2. The number of anilines is 1. The number of amides is 2. The fourth-order valence-corrected chi connectivity index (χ4v) is 5.73. The second-order valence-electron chi connectivity index (χ2n) is 6.60. The number of aryl methyl sites for hydroxylation is 1. The molecule has 0 atom stereocenters. The number of likely N-dealkylation sites (N-methyl/N-ethyl adjacent to an activating group) is 1. The van der Waals surface area contributed by atoms with Crippen molar-refractivity contribution in [2.75, 3.05) is 31.5 Å². The topological polar surface area (TPSA) is 61.4 Å². The van der Waals surface area contributed by atoms with Crippen LogP contribution in [0.1, 0.15) is 38.6 Å². The molecule has 0 aliphatic carbocycles. The van der Waals surface area contributed by atoms with Crippen molar-refractivity contribution in [3.8, 4) is 0 Å². The minimum absolute atomic E-state index is 0.0225. The van der Waals surface area contributed by atoms with E-state index in [1.807, 2.05) is 37.3 Å². The van der Waals surface area contributed by atoms with E-state index in [4.69, 9.17) is 0 Å². The molecule has 1 aromatic carbocycles. The SMILES string of the molecule is CCN(CC)CCNC(=O)c1cc(/C=C2\C(=O)Nc3ccc(I)cc32)[se]c1C. The normalized spacial score (nSPS) is 14.5. The molecule has 1 aliphatic rings. The van der Waals surface area contributed by atoms with Crippen LogP contribution < -0.4 is 10.6 Å². The standard InChI is InChI=1S/C21H24IN3O2Se/c1-4-25(5-2)9-8-23-20(26)16-11-15(28-13(16)3)12-18-17-10-14(22)6-7-19(17)24-21(18)27/h6-7,10-12H,4-5,8-9H2,1-3H3,(H,23,26)(H,24,27)/b18-12-. The van der Waals surface area contributed by atoms with E-state index in [9.17, 15) is 9.59 Å². The Kier molecular flexibility index (Phi) is 7.14. The Labute approximate surface area is 185 Å². The van der Waals surface area contributed by atoms with Gasteiger partial charge in [0.2, 0.25) is 0 Å². The third-order valence-electron chi connectivity index (χ3n) is 4.84. The molecular weight excluding hydrogens is 532 g/mol. The summed E-state index contributed by atoms with van der Waals surface area (Å²) in [5.74, 6) is -0.103. The fourth-order valence-electron chi connectivity index (χ4n) is 3.21. The second kappa shape index (κ2) is 9.39. The molecule has 2 N–H and O–H groups in total. The van der Waals surface area contributed by atoms with E-state index in [1.165, 1.54) is 0 Å². The molecule has 0 radical (unpaired) electrons. The van der Waals surface area contributed by atoms with Crippen LogP contribution in [-0.4, -0.2) is 57.4 Å². The van der Waals surface area contributed by atoms with E-state index in [-0.39, 0.29) is 26.3 Å². The number of halogens is 1. The first kappa shape index (κ1) is 21.3. The van der Waals surface area contributed by atoms with E-state index in [0.29, 0.717) is 12.1 Å². The van der Waals surface area contributed by atoms with Gasteiger partial charge < -0.3 is 0 Å². The van der Waals surface area contributed by atoms with Crippen LogP contribution in [0, 0.1) is 10.5 Å². The van der Waals surface area contributed by atoms with Gasteiger partial charge in [-0.3, -0.25) is 0 Å². The van der Waals surface area contributed by atoms with Crippen molar-refractivity contribution in [3.05, 3.63) is 47.8 Å². The summed E-state index contributed by atoms with van der Waals surface area (Å²) in [5.41, 5.74) is 3.20. The summed E-state index contributed by atoms with van der Waals surface area (Å²) in [7, 11) is 0. The van der Waals surface area contributed by atoms with Gasteiger partial charge in [0.05, 0.1) is 0 Å². The maximum absolute atomic E-state index is 12.6. The van der Waals surface area contributed by atoms with Gasteiger partial charge in [-0.25, -0.2) is 0 Å². The van der Waals surface area contributed by atoms with E-state index < -0.39 is 0 Å². The Balaban J connectivity index is 1.76. The molecule has 0 saturated heterocycles. The fraction of sp³-hybridized carbons (Fsp3) is 0.333. The summed E-state index contributed by atoms with van der Waals surface area (Å²) in [6.45, 7) is 9.72. The van der Waals surface area contributed by atoms with Gasteiger partial charge in [0, 0.05) is 0 Å². The molecule has 2 amide bonds. The van der Waals surface area contributed by atoms with Gasteiger partial charge in [-0.2, -0.15) is 0 Å². The monoisotopic (exact) mass is 557 g/mol. The van der Waals surface area contributed by atoms with Crippen molar-refractivity contribution in [2.45, 2.75) is 20.8 Å². The van der Waals surface area contributed by atoms with Crippen molar-refractivity contribution in [2.24, 2.45) is 0 Å². The van der Waals surface area contributed by atoms with E-state index >= 15 is 0 Å². The average Bonchev–Trinajstić information content (AvgIpc) is 3.19. The molecule has 3 rings (SSSR count). The number of fused-ring (bicyclic) bond motifs is 1. The van der Waals surface area contributed by atoms with Crippen LogP contribution in [0.2, 0.25) is 0 Å². The summed E-state index contributed by atoms with van der Waals surface area (Å²) in [4.78, 5) is 27.3. The Hall–Kier alpha value is -1.41. The van der Waals surface area contributed by atoms with Gasteiger partial charge in [-0.15, -0.1) is 0 Å². The molecule has 1 aromatic heterocycles. The summed E-state index contributed by atoms with van der Waals surface area (Å²) >= 11 is 2.31. The molecule has 7 heteroatoms. The van der Waals surface area contributed by atoms with Gasteiger partial charge in [0.15, 0.2) is 0 Å². The number of benzene rings is 1. The second-order valence-corrected chi connectivity index (χ2v) is 10.6. The molecule has 0 spiro atoms. The average molecular weight is 556 g/mol. The van der Waals surface area contributed by atoms with E-state index in [0.717, 1.165) is 48.9 Å². The molecule has 1 aliphatic heterocycles. The van der Waals surface area contributed by atoms with Crippen LogP contribution in [0.4, 0.5) is 5.69 Å². The predicted octanol–water partition coefficient (Wildman–Crippen LogP) is 3.22. The molecule has 28 heavy (non-hydrogen) atoms. The summed E-state index contributed by atoms with van der Waals surface area (Å²) < 4.78 is 3.24. The van der Waals surface area contributed by atoms with Crippen molar-refractivity contribution in [1.29, 1.82) is 0 Å². The number of nitrogens with zero attached hydrogens (tertiary/aromatic N) is 1. The molecule has 5 nitrogen and oxygen atoms in total. The van der Waals surface area contributed by atoms with Crippen LogP contribution >= 0.6 is 22.6 Å². The van der Waals surface area contributed by atoms with Gasteiger partial charge in [-0.05, 0) is 0 Å². The van der Waals surface area contributed by atoms with Crippen molar-refractivity contribution in [3.63, 3.8) is 0 Å². The zero-order chi connectivity index (χ0) is 20.3. The Morgan fingerprint density at radius 2 is 2.04 bits per heavy atom. The van der Waals surface area contributed by atoms with Crippen LogP contribution in [0.5, 0.6) is 0 Å². The number of rotatable bonds is 7. The number of nitrogens with one attached hydrogen (secondary N) is 2. The molecule has 2 aromatic rings.